The Morgan fingerprint density at radius 1 is 0.933 bits per heavy atom. The standard InChI is InChI=1S/C24H27N5O/c1-18-9-10-19(2)21(17-18)27-23(30)22(20-7-4-3-5-8-20)28-13-15-29(16-14-28)24-25-11-6-12-26-24/h3-12,17,22H,13-16H2,1-2H3,(H,27,30). The summed E-state index contributed by atoms with van der Waals surface area (Å²) >= 11 is 0. The molecular formula is C24H27N5O. The smallest absolute Gasteiger partial charge is 0.246 e. The van der Waals surface area contributed by atoms with Gasteiger partial charge in [-0.25, -0.2) is 9.97 Å². The Bertz CT molecular complexity index is 985. The number of benzene rings is 2. The first-order valence-electron chi connectivity index (χ1n) is 10.3. The van der Waals surface area contributed by atoms with Gasteiger partial charge in [0, 0.05) is 44.3 Å². The van der Waals surface area contributed by atoms with Gasteiger partial charge in [0.25, 0.3) is 0 Å². The molecule has 6 nitrogen and oxygen atoms in total. The van der Waals surface area contributed by atoms with Crippen molar-refractivity contribution in [2.75, 3.05) is 36.4 Å². The molecule has 1 aromatic heterocycles. The summed E-state index contributed by atoms with van der Waals surface area (Å²) in [6, 6.07) is 17.6. The van der Waals surface area contributed by atoms with Crippen LogP contribution in [0.25, 0.3) is 0 Å². The maximum absolute atomic E-state index is 13.4. The van der Waals surface area contributed by atoms with Crippen molar-refractivity contribution in [3.05, 3.63) is 83.7 Å². The number of nitrogens with one attached hydrogen (secondary N) is 1. The fraction of sp³-hybridized carbons (Fsp3) is 0.292. The Labute approximate surface area is 177 Å². The van der Waals surface area contributed by atoms with E-state index in [-0.39, 0.29) is 11.9 Å². The predicted molar refractivity (Wildman–Crippen MR) is 120 cm³/mol. The molecule has 3 aromatic rings. The molecule has 1 amide bonds. The van der Waals surface area contributed by atoms with E-state index in [1.54, 1.807) is 12.4 Å². The summed E-state index contributed by atoms with van der Waals surface area (Å²) in [5.74, 6) is 0.743. The van der Waals surface area contributed by atoms with E-state index in [9.17, 15) is 4.79 Å². The fourth-order valence-corrected chi connectivity index (χ4v) is 3.87. The van der Waals surface area contributed by atoms with Gasteiger partial charge >= 0.3 is 0 Å². The predicted octanol–water partition coefficient (Wildman–Crippen LogP) is 3.60. The summed E-state index contributed by atoms with van der Waals surface area (Å²) in [4.78, 5) is 26.6. The maximum Gasteiger partial charge on any atom is 0.246 e. The lowest BCUT2D eigenvalue weighted by atomic mass is 10.0. The molecule has 2 aromatic carbocycles. The highest BCUT2D eigenvalue weighted by Gasteiger charge is 2.31. The number of aromatic nitrogens is 2. The summed E-state index contributed by atoms with van der Waals surface area (Å²) < 4.78 is 0. The summed E-state index contributed by atoms with van der Waals surface area (Å²) in [6.07, 6.45) is 3.53. The molecule has 1 atom stereocenters. The van der Waals surface area contributed by atoms with Gasteiger partial charge in [0.15, 0.2) is 0 Å². The van der Waals surface area contributed by atoms with Gasteiger partial charge in [-0.2, -0.15) is 0 Å². The van der Waals surface area contributed by atoms with E-state index in [0.29, 0.717) is 0 Å². The Morgan fingerprint density at radius 3 is 2.33 bits per heavy atom. The van der Waals surface area contributed by atoms with Gasteiger partial charge in [-0.15, -0.1) is 0 Å². The van der Waals surface area contributed by atoms with Crippen LogP contribution in [-0.4, -0.2) is 47.0 Å². The molecule has 2 heterocycles. The topological polar surface area (TPSA) is 61.4 Å². The van der Waals surface area contributed by atoms with Crippen molar-refractivity contribution in [1.29, 1.82) is 0 Å². The number of amides is 1. The molecule has 4 rings (SSSR count). The van der Waals surface area contributed by atoms with Crippen LogP contribution in [0.3, 0.4) is 0 Å². The molecule has 154 valence electrons. The van der Waals surface area contributed by atoms with Crippen LogP contribution in [0.1, 0.15) is 22.7 Å². The third kappa shape index (κ3) is 4.49. The molecular weight excluding hydrogens is 374 g/mol. The second kappa shape index (κ2) is 9.05. The number of nitrogens with zero attached hydrogens (tertiary/aromatic N) is 4. The highest BCUT2D eigenvalue weighted by Crippen LogP contribution is 2.26. The second-order valence-electron chi connectivity index (χ2n) is 7.69. The average molecular weight is 402 g/mol. The number of piperazine rings is 1. The molecule has 0 radical (unpaired) electrons. The van der Waals surface area contributed by atoms with Crippen molar-refractivity contribution in [2.24, 2.45) is 0 Å². The van der Waals surface area contributed by atoms with Gasteiger partial charge in [-0.3, -0.25) is 9.69 Å². The normalized spacial score (nSPS) is 15.6. The third-order valence-electron chi connectivity index (χ3n) is 5.53. The number of aryl methyl sites for hydroxylation is 2. The molecule has 1 unspecified atom stereocenters. The van der Waals surface area contributed by atoms with Crippen molar-refractivity contribution >= 4 is 17.5 Å². The minimum Gasteiger partial charge on any atom is -0.338 e. The number of hydrogen-bond acceptors (Lipinski definition) is 5. The third-order valence-corrected chi connectivity index (χ3v) is 5.53. The first kappa shape index (κ1) is 20.0. The quantitative estimate of drug-likeness (QED) is 0.708. The lowest BCUT2D eigenvalue weighted by molar-refractivity contribution is -0.121. The number of anilines is 2. The van der Waals surface area contributed by atoms with Gasteiger partial charge < -0.3 is 10.2 Å². The Balaban J connectivity index is 1.54. The average Bonchev–Trinajstić information content (AvgIpc) is 2.78. The van der Waals surface area contributed by atoms with Crippen molar-refractivity contribution in [3.8, 4) is 0 Å². The minimum atomic E-state index is -0.343. The largest absolute Gasteiger partial charge is 0.338 e. The van der Waals surface area contributed by atoms with Gasteiger partial charge in [0.1, 0.15) is 6.04 Å². The van der Waals surface area contributed by atoms with E-state index in [1.807, 2.05) is 62.4 Å². The maximum atomic E-state index is 13.4. The SMILES string of the molecule is Cc1ccc(C)c(NC(=O)C(c2ccccc2)N2CCN(c3ncccn3)CC2)c1. The van der Waals surface area contributed by atoms with Gasteiger partial charge in [-0.1, -0.05) is 42.5 Å². The van der Waals surface area contributed by atoms with Crippen LogP contribution in [0.15, 0.2) is 67.0 Å². The number of rotatable bonds is 5. The van der Waals surface area contributed by atoms with Crippen LogP contribution >= 0.6 is 0 Å². The second-order valence-corrected chi connectivity index (χ2v) is 7.69. The van der Waals surface area contributed by atoms with Crippen LogP contribution < -0.4 is 10.2 Å². The van der Waals surface area contributed by atoms with Crippen LogP contribution in [0.5, 0.6) is 0 Å². The van der Waals surface area contributed by atoms with Crippen molar-refractivity contribution < 1.29 is 4.79 Å². The van der Waals surface area contributed by atoms with Crippen LogP contribution in [-0.2, 0) is 4.79 Å². The lowest BCUT2D eigenvalue weighted by Crippen LogP contribution is -2.50. The Hall–Kier alpha value is -3.25. The molecule has 6 heteroatoms. The van der Waals surface area contributed by atoms with Crippen LogP contribution in [0.2, 0.25) is 0 Å². The monoisotopic (exact) mass is 401 g/mol. The zero-order valence-corrected chi connectivity index (χ0v) is 17.5. The summed E-state index contributed by atoms with van der Waals surface area (Å²) in [5, 5.41) is 3.17. The number of carbonyl (C=O) groups is 1. The summed E-state index contributed by atoms with van der Waals surface area (Å²) in [7, 11) is 0. The van der Waals surface area contributed by atoms with Crippen molar-refractivity contribution in [3.63, 3.8) is 0 Å². The first-order chi connectivity index (χ1) is 14.6. The van der Waals surface area contributed by atoms with Gasteiger partial charge in [0.05, 0.1) is 0 Å². The highest BCUT2D eigenvalue weighted by atomic mass is 16.2. The zero-order valence-electron chi connectivity index (χ0n) is 17.5. The van der Waals surface area contributed by atoms with Crippen LogP contribution in [0.4, 0.5) is 11.6 Å². The molecule has 0 aliphatic carbocycles. The molecule has 1 aliphatic rings. The molecule has 1 saturated heterocycles. The molecule has 0 saturated carbocycles. The molecule has 1 fully saturated rings. The van der Waals surface area contributed by atoms with Crippen molar-refractivity contribution in [1.82, 2.24) is 14.9 Å². The fourth-order valence-electron chi connectivity index (χ4n) is 3.87. The van der Waals surface area contributed by atoms with E-state index in [0.717, 1.165) is 54.5 Å². The van der Waals surface area contributed by atoms with E-state index >= 15 is 0 Å². The van der Waals surface area contributed by atoms with Crippen molar-refractivity contribution in [2.45, 2.75) is 19.9 Å². The molecule has 1 N–H and O–H groups in total. The highest BCUT2D eigenvalue weighted by molar-refractivity contribution is 5.96. The zero-order chi connectivity index (χ0) is 20.9. The summed E-state index contributed by atoms with van der Waals surface area (Å²) in [6.45, 7) is 7.14. The molecule has 30 heavy (non-hydrogen) atoms. The number of carbonyl (C=O) groups excluding carboxylic acids is 1. The molecule has 0 bridgehead atoms. The first-order valence-corrected chi connectivity index (χ1v) is 10.3. The Kier molecular flexibility index (Phi) is 6.05. The van der Waals surface area contributed by atoms with E-state index in [1.165, 1.54) is 0 Å². The minimum absolute atomic E-state index is 0.000638. The van der Waals surface area contributed by atoms with E-state index in [4.69, 9.17) is 0 Å². The van der Waals surface area contributed by atoms with E-state index in [2.05, 4.69) is 31.2 Å². The Morgan fingerprint density at radius 2 is 1.63 bits per heavy atom. The lowest BCUT2D eigenvalue weighted by Gasteiger charge is -2.38. The molecule has 0 spiro atoms. The number of hydrogen-bond donors (Lipinski definition) is 1. The van der Waals surface area contributed by atoms with E-state index < -0.39 is 0 Å². The van der Waals surface area contributed by atoms with Gasteiger partial charge in [0.2, 0.25) is 11.9 Å². The van der Waals surface area contributed by atoms with Crippen LogP contribution in [0, 0.1) is 13.8 Å². The summed E-state index contributed by atoms with van der Waals surface area (Å²) in [5.41, 5.74) is 4.07. The molecule has 1 aliphatic heterocycles. The van der Waals surface area contributed by atoms with Gasteiger partial charge in [-0.05, 0) is 42.7 Å².